The molecule has 3 N–H and O–H groups in total. The second kappa shape index (κ2) is 12.5. The van der Waals surface area contributed by atoms with E-state index in [4.69, 9.17) is 11.6 Å². The minimum Gasteiger partial charge on any atom is -0.395 e. The van der Waals surface area contributed by atoms with E-state index < -0.39 is 0 Å². The number of piperazine rings is 1. The van der Waals surface area contributed by atoms with Gasteiger partial charge in [-0.25, -0.2) is 9.37 Å². The summed E-state index contributed by atoms with van der Waals surface area (Å²) < 4.78 is 14.2. The average molecular weight is 577 g/mol. The Morgan fingerprint density at radius 3 is 2.54 bits per heavy atom. The summed E-state index contributed by atoms with van der Waals surface area (Å²) in [6.45, 7) is 7.29. The van der Waals surface area contributed by atoms with Gasteiger partial charge < -0.3 is 20.6 Å². The van der Waals surface area contributed by atoms with Crippen molar-refractivity contribution >= 4 is 40.9 Å². The van der Waals surface area contributed by atoms with Gasteiger partial charge in [0.2, 0.25) is 11.9 Å². The first kappa shape index (κ1) is 28.3. The van der Waals surface area contributed by atoms with Gasteiger partial charge in [-0.2, -0.15) is 15.0 Å². The number of hydrogen-bond donors (Lipinski definition) is 3. The highest BCUT2D eigenvalue weighted by Gasteiger charge is 2.21. The monoisotopic (exact) mass is 576 g/mol. The van der Waals surface area contributed by atoms with Crippen LogP contribution in [0.3, 0.4) is 0 Å². The molecule has 0 bridgehead atoms. The summed E-state index contributed by atoms with van der Waals surface area (Å²) in [5, 5.41) is 15.7. The summed E-state index contributed by atoms with van der Waals surface area (Å²) in [7, 11) is 0. The van der Waals surface area contributed by atoms with Gasteiger partial charge in [0.25, 0.3) is 5.91 Å². The van der Waals surface area contributed by atoms with Gasteiger partial charge in [0, 0.05) is 44.5 Å². The molecule has 0 unspecified atom stereocenters. The first-order valence-electron chi connectivity index (χ1n) is 13.2. The van der Waals surface area contributed by atoms with Crippen molar-refractivity contribution in [2.24, 2.45) is 0 Å². The van der Waals surface area contributed by atoms with Crippen LogP contribution in [-0.2, 0) is 0 Å². The molecule has 1 saturated heterocycles. The largest absolute Gasteiger partial charge is 0.395 e. The van der Waals surface area contributed by atoms with Gasteiger partial charge in [-0.1, -0.05) is 29.8 Å². The lowest BCUT2D eigenvalue weighted by Gasteiger charge is -2.34. The standard InChI is InChI=1S/C29H30ClFN8O2/c1-18-6-8-21(31)16-22(18)26-35-28(37-29(36-26)39-12-10-38(11-13-39)14-15-40)33-24-9-7-20(17-32-24)27(41)34-25-19(2)4-3-5-23(25)30/h3-9,16-17,40H,10-15H2,1-2H3,(H,34,41)(H,32,33,35,36,37). The molecule has 212 valence electrons. The van der Waals surface area contributed by atoms with Crippen LogP contribution in [0.1, 0.15) is 21.5 Å². The summed E-state index contributed by atoms with van der Waals surface area (Å²) in [6.07, 6.45) is 1.45. The van der Waals surface area contributed by atoms with Crippen molar-refractivity contribution in [3.8, 4) is 11.4 Å². The molecule has 0 saturated carbocycles. The number of anilines is 4. The third-order valence-electron chi connectivity index (χ3n) is 6.86. The Morgan fingerprint density at radius 2 is 1.83 bits per heavy atom. The maximum absolute atomic E-state index is 14.2. The number of carbonyl (C=O) groups excluding carboxylic acids is 1. The number of carbonyl (C=O) groups is 1. The summed E-state index contributed by atoms with van der Waals surface area (Å²) in [5.41, 5.74) is 3.14. The van der Waals surface area contributed by atoms with E-state index >= 15 is 0 Å². The lowest BCUT2D eigenvalue weighted by Crippen LogP contribution is -2.47. The highest BCUT2D eigenvalue weighted by atomic mass is 35.5. The Labute approximate surface area is 242 Å². The number of aliphatic hydroxyl groups excluding tert-OH is 1. The fourth-order valence-corrected chi connectivity index (χ4v) is 4.79. The van der Waals surface area contributed by atoms with Crippen LogP contribution in [0, 0.1) is 19.7 Å². The van der Waals surface area contributed by atoms with E-state index in [-0.39, 0.29) is 24.3 Å². The molecule has 41 heavy (non-hydrogen) atoms. The number of rotatable bonds is 8. The molecule has 2 aromatic carbocycles. The van der Waals surface area contributed by atoms with Crippen LogP contribution in [0.5, 0.6) is 0 Å². The zero-order valence-electron chi connectivity index (χ0n) is 22.7. The van der Waals surface area contributed by atoms with E-state index in [1.165, 1.54) is 18.3 Å². The van der Waals surface area contributed by atoms with E-state index in [1.54, 1.807) is 24.3 Å². The Balaban J connectivity index is 1.39. The van der Waals surface area contributed by atoms with Crippen LogP contribution in [0.25, 0.3) is 11.4 Å². The topological polar surface area (TPSA) is 119 Å². The molecule has 1 aliphatic rings. The number of amides is 1. The van der Waals surface area contributed by atoms with Crippen LogP contribution < -0.4 is 15.5 Å². The summed E-state index contributed by atoms with van der Waals surface area (Å²) in [4.78, 5) is 35.3. The molecule has 1 aliphatic heterocycles. The normalized spacial score (nSPS) is 13.7. The Morgan fingerprint density at radius 1 is 1.02 bits per heavy atom. The van der Waals surface area contributed by atoms with Crippen molar-refractivity contribution in [3.05, 3.63) is 82.3 Å². The Kier molecular flexibility index (Phi) is 8.67. The second-order valence-corrected chi connectivity index (χ2v) is 10.1. The molecule has 1 amide bonds. The summed E-state index contributed by atoms with van der Waals surface area (Å²) >= 11 is 6.25. The van der Waals surface area contributed by atoms with Crippen LogP contribution in [0.2, 0.25) is 5.02 Å². The number of benzene rings is 2. The molecule has 5 rings (SSSR count). The first-order chi connectivity index (χ1) is 19.8. The third kappa shape index (κ3) is 6.76. The minimum atomic E-state index is -0.387. The first-order valence-corrected chi connectivity index (χ1v) is 13.6. The van der Waals surface area contributed by atoms with Gasteiger partial charge >= 0.3 is 0 Å². The van der Waals surface area contributed by atoms with Gasteiger partial charge in [-0.3, -0.25) is 9.69 Å². The van der Waals surface area contributed by atoms with E-state index in [0.717, 1.165) is 24.2 Å². The van der Waals surface area contributed by atoms with Crippen LogP contribution >= 0.6 is 11.6 Å². The van der Waals surface area contributed by atoms with Crippen molar-refractivity contribution in [1.29, 1.82) is 0 Å². The number of aliphatic hydroxyl groups is 1. The number of para-hydroxylation sites is 1. The van der Waals surface area contributed by atoms with Crippen LogP contribution in [-0.4, -0.2) is 75.2 Å². The number of halogens is 2. The fourth-order valence-electron chi connectivity index (χ4n) is 4.52. The van der Waals surface area contributed by atoms with E-state index in [2.05, 4.69) is 35.5 Å². The van der Waals surface area contributed by atoms with Gasteiger partial charge in [0.15, 0.2) is 5.82 Å². The maximum Gasteiger partial charge on any atom is 0.257 e. The minimum absolute atomic E-state index is 0.107. The molecule has 0 radical (unpaired) electrons. The van der Waals surface area contributed by atoms with Crippen molar-refractivity contribution in [1.82, 2.24) is 24.8 Å². The molecular formula is C29H30ClFN8O2. The molecule has 10 nitrogen and oxygen atoms in total. The molecule has 3 heterocycles. The van der Waals surface area contributed by atoms with Gasteiger partial charge in [0.05, 0.1) is 22.9 Å². The number of β-amino-alcohol motifs (C(OH)–C–C–N with tert-alkyl or cyclic N) is 1. The van der Waals surface area contributed by atoms with E-state index in [1.807, 2.05) is 30.9 Å². The number of hydrogen-bond acceptors (Lipinski definition) is 9. The summed E-state index contributed by atoms with van der Waals surface area (Å²) in [6, 6.07) is 13.2. The lowest BCUT2D eigenvalue weighted by molar-refractivity contribution is 0.102. The molecule has 4 aromatic rings. The van der Waals surface area contributed by atoms with Crippen LogP contribution in [0.4, 0.5) is 27.8 Å². The quantitative estimate of drug-likeness (QED) is 0.279. The molecule has 2 aromatic heterocycles. The molecular weight excluding hydrogens is 547 g/mol. The number of nitrogens with zero attached hydrogens (tertiary/aromatic N) is 6. The second-order valence-electron chi connectivity index (χ2n) is 9.74. The van der Waals surface area contributed by atoms with Gasteiger partial charge in [-0.15, -0.1) is 0 Å². The average Bonchev–Trinajstić information content (AvgIpc) is 2.97. The highest BCUT2D eigenvalue weighted by Crippen LogP contribution is 2.27. The zero-order valence-corrected chi connectivity index (χ0v) is 23.5. The molecule has 0 aliphatic carbocycles. The number of pyridine rings is 1. The van der Waals surface area contributed by atoms with Gasteiger partial charge in [-0.05, 0) is 55.3 Å². The molecule has 0 atom stereocenters. The molecule has 12 heteroatoms. The smallest absolute Gasteiger partial charge is 0.257 e. The number of aromatic nitrogens is 4. The zero-order chi connectivity index (χ0) is 28.9. The fraction of sp³-hybridized carbons (Fsp3) is 0.276. The summed E-state index contributed by atoms with van der Waals surface area (Å²) in [5.74, 6) is 0.716. The van der Waals surface area contributed by atoms with Crippen molar-refractivity contribution in [2.45, 2.75) is 13.8 Å². The van der Waals surface area contributed by atoms with Crippen LogP contribution in [0.15, 0.2) is 54.7 Å². The Hall–Kier alpha value is -4.19. The van der Waals surface area contributed by atoms with E-state index in [0.29, 0.717) is 59.1 Å². The lowest BCUT2D eigenvalue weighted by atomic mass is 10.1. The maximum atomic E-state index is 14.2. The van der Waals surface area contributed by atoms with Crippen molar-refractivity contribution in [3.63, 3.8) is 0 Å². The van der Waals surface area contributed by atoms with Crippen molar-refractivity contribution < 1.29 is 14.3 Å². The number of aryl methyl sites for hydroxylation is 2. The van der Waals surface area contributed by atoms with E-state index in [9.17, 15) is 14.3 Å². The SMILES string of the molecule is Cc1ccc(F)cc1-c1nc(Nc2ccc(C(=O)Nc3c(C)cccc3Cl)cn2)nc(N2CCN(CCO)CC2)n1. The predicted molar refractivity (Wildman–Crippen MR) is 157 cm³/mol. The predicted octanol–water partition coefficient (Wildman–Crippen LogP) is 4.45. The highest BCUT2D eigenvalue weighted by molar-refractivity contribution is 6.34. The molecule has 0 spiro atoms. The third-order valence-corrected chi connectivity index (χ3v) is 7.18. The number of nitrogens with one attached hydrogen (secondary N) is 2. The van der Waals surface area contributed by atoms with Crippen molar-refractivity contribution in [2.75, 3.05) is 54.9 Å². The van der Waals surface area contributed by atoms with Gasteiger partial charge in [0.1, 0.15) is 11.6 Å². The Bertz CT molecular complexity index is 1520. The molecule has 1 fully saturated rings.